The number of sulfonamides is 2. The fraction of sp³-hybridized carbons (Fsp3) is 0.643. The van der Waals surface area contributed by atoms with E-state index in [2.05, 4.69) is 4.57 Å². The Labute approximate surface area is 228 Å². The van der Waals surface area contributed by atoms with Crippen LogP contribution in [0.5, 0.6) is 0 Å². The van der Waals surface area contributed by atoms with Gasteiger partial charge in [0.25, 0.3) is 0 Å². The molecular weight excluding hydrogens is 522 g/mol. The summed E-state index contributed by atoms with van der Waals surface area (Å²) < 4.78 is 62.1. The molecule has 1 aromatic heterocycles. The molecule has 1 aromatic carbocycles. The maximum atomic E-state index is 14.0. The van der Waals surface area contributed by atoms with Crippen molar-refractivity contribution in [3.63, 3.8) is 0 Å². The molecule has 2 N–H and O–H groups in total. The molecule has 4 rings (SSSR count). The molecule has 8 nitrogen and oxygen atoms in total. The van der Waals surface area contributed by atoms with E-state index in [0.29, 0.717) is 43.5 Å². The van der Waals surface area contributed by atoms with Crippen LogP contribution in [0.3, 0.4) is 0 Å². The highest BCUT2D eigenvalue weighted by Gasteiger charge is 2.41. The second kappa shape index (κ2) is 10.4. The van der Waals surface area contributed by atoms with Crippen molar-refractivity contribution >= 4 is 20.0 Å². The summed E-state index contributed by atoms with van der Waals surface area (Å²) in [6, 6.07) is 7.04. The van der Waals surface area contributed by atoms with Crippen LogP contribution in [0.1, 0.15) is 78.0 Å². The van der Waals surface area contributed by atoms with Gasteiger partial charge >= 0.3 is 0 Å². The zero-order chi connectivity index (χ0) is 28.1. The monoisotopic (exact) mass is 565 g/mol. The van der Waals surface area contributed by atoms with Crippen LogP contribution in [0.25, 0.3) is 11.3 Å². The van der Waals surface area contributed by atoms with Gasteiger partial charge in [0.05, 0.1) is 23.6 Å². The Bertz CT molecular complexity index is 1400. The Hall–Kier alpha value is -1.72. The van der Waals surface area contributed by atoms with Crippen molar-refractivity contribution in [1.29, 1.82) is 0 Å². The van der Waals surface area contributed by atoms with Crippen LogP contribution in [-0.2, 0) is 36.7 Å². The number of benzene rings is 1. The van der Waals surface area contributed by atoms with Gasteiger partial charge in [0.15, 0.2) is 0 Å². The third-order valence-corrected chi connectivity index (χ3v) is 11.2. The molecular formula is C28H43N3O5S2. The van der Waals surface area contributed by atoms with E-state index in [-0.39, 0.29) is 9.79 Å². The van der Waals surface area contributed by atoms with Gasteiger partial charge in [0.1, 0.15) is 4.90 Å². The lowest BCUT2D eigenvalue weighted by molar-refractivity contribution is -0.00774. The second-order valence-corrected chi connectivity index (χ2v) is 15.9. The van der Waals surface area contributed by atoms with Gasteiger partial charge in [-0.1, -0.05) is 46.1 Å². The number of primary sulfonamides is 1. The number of nitrogens with zero attached hydrogens (tertiary/aromatic N) is 2. The number of morpholine rings is 1. The molecule has 1 aliphatic heterocycles. The smallest absolute Gasteiger partial charge is 0.244 e. The summed E-state index contributed by atoms with van der Waals surface area (Å²) in [5.74, 6) is 0.465. The fourth-order valence-corrected chi connectivity index (χ4v) is 8.86. The van der Waals surface area contributed by atoms with E-state index in [9.17, 15) is 16.8 Å². The lowest BCUT2D eigenvalue weighted by atomic mass is 9.85. The predicted molar refractivity (Wildman–Crippen MR) is 150 cm³/mol. The molecule has 0 bridgehead atoms. The molecule has 1 saturated heterocycles. The van der Waals surface area contributed by atoms with Gasteiger partial charge in [-0.05, 0) is 74.3 Å². The van der Waals surface area contributed by atoms with Crippen LogP contribution in [0.2, 0.25) is 0 Å². The van der Waals surface area contributed by atoms with Crippen LogP contribution in [0.4, 0.5) is 0 Å². The number of hydrogen-bond donors (Lipinski definition) is 1. The van der Waals surface area contributed by atoms with E-state index >= 15 is 0 Å². The molecule has 0 atom stereocenters. The number of aromatic nitrogens is 1. The summed E-state index contributed by atoms with van der Waals surface area (Å²) >= 11 is 0. The Morgan fingerprint density at radius 2 is 1.68 bits per heavy atom. The Balaban J connectivity index is 1.87. The summed E-state index contributed by atoms with van der Waals surface area (Å²) in [5.41, 5.74) is 1.70. The van der Waals surface area contributed by atoms with Crippen LogP contribution >= 0.6 is 0 Å². The molecule has 212 valence electrons. The highest BCUT2D eigenvalue weighted by molar-refractivity contribution is 7.89. The molecule has 2 aromatic rings. The number of rotatable bonds is 6. The lowest BCUT2D eigenvalue weighted by Crippen LogP contribution is -2.55. The Morgan fingerprint density at radius 3 is 2.26 bits per heavy atom. The molecule has 1 saturated carbocycles. The van der Waals surface area contributed by atoms with E-state index < -0.39 is 31.0 Å². The van der Waals surface area contributed by atoms with Crippen LogP contribution in [0, 0.1) is 12.8 Å². The molecule has 2 heterocycles. The van der Waals surface area contributed by atoms with Gasteiger partial charge < -0.3 is 9.30 Å². The van der Waals surface area contributed by atoms with Crippen molar-refractivity contribution in [2.45, 2.75) is 101 Å². The molecule has 1 aliphatic carbocycles. The molecule has 10 heteroatoms. The largest absolute Gasteiger partial charge is 0.378 e. The molecule has 2 fully saturated rings. The minimum absolute atomic E-state index is 0.118. The van der Waals surface area contributed by atoms with E-state index in [0.717, 1.165) is 24.1 Å². The van der Waals surface area contributed by atoms with Crippen LogP contribution in [-0.4, -0.2) is 51.0 Å². The average Bonchev–Trinajstić information content (AvgIpc) is 3.14. The lowest BCUT2D eigenvalue weighted by Gasteiger charge is -2.41. The quantitative estimate of drug-likeness (QED) is 0.541. The average molecular weight is 566 g/mol. The molecule has 0 amide bonds. The summed E-state index contributed by atoms with van der Waals surface area (Å²) in [5, 5.41) is 5.60. The number of nitrogens with two attached hydrogens (primary N) is 1. The molecule has 38 heavy (non-hydrogen) atoms. The molecule has 0 radical (unpaired) electrons. The van der Waals surface area contributed by atoms with Gasteiger partial charge in [0, 0.05) is 24.5 Å². The van der Waals surface area contributed by atoms with E-state index in [1.165, 1.54) is 19.3 Å². The summed E-state index contributed by atoms with van der Waals surface area (Å²) in [4.78, 5) is 0.393. The summed E-state index contributed by atoms with van der Waals surface area (Å²) in [6.07, 6.45) is 5.83. The Kier molecular flexibility index (Phi) is 7.97. The maximum Gasteiger partial charge on any atom is 0.244 e. The Morgan fingerprint density at radius 1 is 1.03 bits per heavy atom. The van der Waals surface area contributed by atoms with Crippen molar-refractivity contribution in [1.82, 2.24) is 8.87 Å². The first-order valence-corrected chi connectivity index (χ1v) is 16.5. The third kappa shape index (κ3) is 5.75. The zero-order valence-corrected chi connectivity index (χ0v) is 25.2. The SMILES string of the molecule is Cc1c(S(N)(=O)=O)cc(-c2ccc(S(=O)(=O)N3CCOCC3(C)C)c(C(C)(C)C)c2)n1CC1CCCCC1. The third-order valence-electron chi connectivity index (χ3n) is 8.01. The van der Waals surface area contributed by atoms with Gasteiger partial charge in [0.2, 0.25) is 20.0 Å². The summed E-state index contributed by atoms with van der Waals surface area (Å²) in [6.45, 7) is 13.2. The zero-order valence-electron chi connectivity index (χ0n) is 23.6. The van der Waals surface area contributed by atoms with Gasteiger partial charge in [-0.3, -0.25) is 0 Å². The van der Waals surface area contributed by atoms with Crippen LogP contribution < -0.4 is 5.14 Å². The molecule has 2 aliphatic rings. The fourth-order valence-electron chi connectivity index (χ4n) is 5.92. The van der Waals surface area contributed by atoms with Gasteiger partial charge in [-0.2, -0.15) is 4.31 Å². The van der Waals surface area contributed by atoms with Crippen molar-refractivity contribution in [2.75, 3.05) is 19.8 Å². The normalized spacial score (nSPS) is 20.1. The minimum Gasteiger partial charge on any atom is -0.378 e. The van der Waals surface area contributed by atoms with E-state index in [4.69, 9.17) is 9.88 Å². The highest BCUT2D eigenvalue weighted by atomic mass is 32.2. The predicted octanol–water partition coefficient (Wildman–Crippen LogP) is 4.79. The number of ether oxygens (including phenoxy) is 1. The van der Waals surface area contributed by atoms with Crippen molar-refractivity contribution in [3.8, 4) is 11.3 Å². The first kappa shape index (κ1) is 29.3. The first-order valence-electron chi connectivity index (χ1n) is 13.5. The topological polar surface area (TPSA) is 112 Å². The van der Waals surface area contributed by atoms with E-state index in [1.807, 2.05) is 40.7 Å². The van der Waals surface area contributed by atoms with E-state index in [1.54, 1.807) is 29.4 Å². The van der Waals surface area contributed by atoms with Gasteiger partial charge in [-0.25, -0.2) is 22.0 Å². The standard InChI is InChI=1S/C28H43N3O5S2/c1-20-26(37(29,32)33)17-24(30(20)18-21-10-8-7-9-11-21)22-12-13-25(23(16-22)27(2,3)4)38(34,35)31-14-15-36-19-28(31,5)6/h12-13,16-17,21H,7-11,14-15,18-19H2,1-6H3,(H2,29,32,33). The van der Waals surface area contributed by atoms with Crippen LogP contribution in [0.15, 0.2) is 34.1 Å². The highest BCUT2D eigenvalue weighted by Crippen LogP contribution is 2.39. The minimum atomic E-state index is -3.92. The van der Waals surface area contributed by atoms with Crippen molar-refractivity contribution in [2.24, 2.45) is 11.1 Å². The molecule has 0 spiro atoms. The van der Waals surface area contributed by atoms with Gasteiger partial charge in [-0.15, -0.1) is 0 Å². The second-order valence-electron chi connectivity index (χ2n) is 12.5. The maximum absolute atomic E-state index is 14.0. The number of hydrogen-bond acceptors (Lipinski definition) is 5. The molecule has 0 unspecified atom stereocenters. The van der Waals surface area contributed by atoms with Crippen molar-refractivity contribution < 1.29 is 21.6 Å². The van der Waals surface area contributed by atoms with Crippen molar-refractivity contribution in [3.05, 3.63) is 35.5 Å². The summed E-state index contributed by atoms with van der Waals surface area (Å²) in [7, 11) is -7.73. The first-order chi connectivity index (χ1) is 17.5.